The van der Waals surface area contributed by atoms with Gasteiger partial charge in [-0.15, -0.1) is 0 Å². The van der Waals surface area contributed by atoms with Gasteiger partial charge in [0.1, 0.15) is 0 Å². The summed E-state index contributed by atoms with van der Waals surface area (Å²) in [7, 11) is 0. The number of nitrogens with one attached hydrogen (secondary N) is 1. The van der Waals surface area contributed by atoms with E-state index < -0.39 is 18.2 Å². The molecule has 0 radical (unpaired) electrons. The van der Waals surface area contributed by atoms with Crippen molar-refractivity contribution in [2.75, 3.05) is 11.5 Å². The molecule has 4 nitrogen and oxygen atoms in total. The molecule has 31 heavy (non-hydrogen) atoms. The Kier molecular flexibility index (Phi) is 6.04. The van der Waals surface area contributed by atoms with Crippen LogP contribution < -0.4 is 5.32 Å². The summed E-state index contributed by atoms with van der Waals surface area (Å²) >= 11 is 10.9. The van der Waals surface area contributed by atoms with Gasteiger partial charge in [0, 0.05) is 44.6 Å². The Hall–Kier alpha value is -1.71. The Morgan fingerprint density at radius 3 is 2.61 bits per heavy atom. The van der Waals surface area contributed by atoms with E-state index >= 15 is 0 Å². The van der Waals surface area contributed by atoms with Crippen LogP contribution >= 0.6 is 39.3 Å². The largest absolute Gasteiger partial charge is 0.435 e. The number of aryl methyl sites for hydroxylation is 1. The molecule has 1 amide bonds. The second kappa shape index (κ2) is 8.33. The molecule has 10 heteroatoms. The third-order valence-electron chi connectivity index (χ3n) is 5.29. The standard InChI is InChI=1S/C21H17BrClF3N2O2S/c1-11-4-12(2-3-17(11)19(29)27-16-9-31-10-16)18-8-20(30-28-18,21(24,25)26)13-5-14(22)7-15(23)6-13/h2-7,16H,8-10H2,1H3,(H,27,29). The van der Waals surface area contributed by atoms with Crippen molar-refractivity contribution in [3.63, 3.8) is 0 Å². The fourth-order valence-electron chi connectivity index (χ4n) is 3.53. The topological polar surface area (TPSA) is 50.7 Å². The first-order valence-electron chi connectivity index (χ1n) is 9.37. The maximum absolute atomic E-state index is 14.2. The molecule has 1 unspecified atom stereocenters. The molecule has 0 saturated carbocycles. The van der Waals surface area contributed by atoms with E-state index in [0.717, 1.165) is 11.5 Å². The minimum Gasteiger partial charge on any atom is -0.374 e. The van der Waals surface area contributed by atoms with Gasteiger partial charge in [-0.1, -0.05) is 38.8 Å². The summed E-state index contributed by atoms with van der Waals surface area (Å²) < 4.78 is 42.9. The van der Waals surface area contributed by atoms with E-state index in [1.165, 1.54) is 18.2 Å². The third-order valence-corrected chi connectivity index (χ3v) is 7.24. The molecule has 2 aromatic rings. The highest BCUT2D eigenvalue weighted by Gasteiger charge is 2.62. The summed E-state index contributed by atoms with van der Waals surface area (Å²) in [6.45, 7) is 1.75. The quantitative estimate of drug-likeness (QED) is 0.537. The second-order valence-electron chi connectivity index (χ2n) is 7.53. The first kappa shape index (κ1) is 22.5. The van der Waals surface area contributed by atoms with Crippen LogP contribution in [0.15, 0.2) is 46.0 Å². The highest BCUT2D eigenvalue weighted by Crippen LogP contribution is 2.49. The SMILES string of the molecule is Cc1cc(C2=NOC(c3cc(Cl)cc(Br)c3)(C(F)(F)F)C2)ccc1C(=O)NC1CSC1. The fourth-order valence-corrected chi connectivity index (χ4v) is 5.02. The summed E-state index contributed by atoms with van der Waals surface area (Å²) in [5, 5.41) is 6.88. The number of amides is 1. The van der Waals surface area contributed by atoms with Crippen molar-refractivity contribution in [1.29, 1.82) is 0 Å². The molecule has 1 N–H and O–H groups in total. The number of hydrogen-bond acceptors (Lipinski definition) is 4. The number of benzene rings is 2. The first-order chi connectivity index (χ1) is 14.6. The molecule has 2 aliphatic heterocycles. The lowest BCUT2D eigenvalue weighted by Gasteiger charge is -2.29. The van der Waals surface area contributed by atoms with Gasteiger partial charge in [-0.25, -0.2) is 0 Å². The molecular weight excluding hydrogens is 517 g/mol. The van der Waals surface area contributed by atoms with Gasteiger partial charge in [0.25, 0.3) is 11.5 Å². The molecule has 2 aromatic carbocycles. The molecule has 0 aromatic heterocycles. The van der Waals surface area contributed by atoms with Crippen molar-refractivity contribution in [3.05, 3.63) is 68.1 Å². The van der Waals surface area contributed by atoms with E-state index in [-0.39, 0.29) is 28.2 Å². The zero-order chi connectivity index (χ0) is 22.4. The summed E-state index contributed by atoms with van der Waals surface area (Å²) in [6.07, 6.45) is -5.23. The lowest BCUT2D eigenvalue weighted by molar-refractivity contribution is -0.275. The monoisotopic (exact) mass is 532 g/mol. The number of thioether (sulfide) groups is 1. The number of rotatable bonds is 4. The number of alkyl halides is 3. The average molecular weight is 534 g/mol. The minimum absolute atomic E-state index is 0.135. The Balaban J connectivity index is 1.61. The van der Waals surface area contributed by atoms with Crippen LogP contribution in [0, 0.1) is 6.92 Å². The number of carbonyl (C=O) groups is 1. The normalized spacial score (nSPS) is 21.3. The lowest BCUT2D eigenvalue weighted by Crippen LogP contribution is -2.44. The Bertz CT molecular complexity index is 1050. The number of halogens is 5. The van der Waals surface area contributed by atoms with Crippen LogP contribution in [-0.4, -0.2) is 35.3 Å². The van der Waals surface area contributed by atoms with Gasteiger partial charge in [-0.2, -0.15) is 24.9 Å². The van der Waals surface area contributed by atoms with Gasteiger partial charge in [-0.05, 0) is 48.4 Å². The Labute approximate surface area is 194 Å². The number of oxime groups is 1. The number of carbonyl (C=O) groups excluding carboxylic acids is 1. The molecule has 0 bridgehead atoms. The van der Waals surface area contributed by atoms with Crippen LogP contribution in [0.3, 0.4) is 0 Å². The van der Waals surface area contributed by atoms with Crippen LogP contribution in [0.2, 0.25) is 5.02 Å². The fraction of sp³-hybridized carbons (Fsp3) is 0.333. The van der Waals surface area contributed by atoms with Crippen LogP contribution in [0.5, 0.6) is 0 Å². The van der Waals surface area contributed by atoms with Crippen molar-refractivity contribution in [1.82, 2.24) is 5.32 Å². The molecule has 2 heterocycles. The van der Waals surface area contributed by atoms with Gasteiger partial charge < -0.3 is 10.2 Å². The summed E-state index contributed by atoms with van der Waals surface area (Å²) in [5.74, 6) is 1.58. The summed E-state index contributed by atoms with van der Waals surface area (Å²) in [4.78, 5) is 17.5. The lowest BCUT2D eigenvalue weighted by atomic mass is 9.86. The molecular formula is C21H17BrClF3N2O2S. The molecule has 0 spiro atoms. The molecule has 164 valence electrons. The first-order valence-corrected chi connectivity index (χ1v) is 11.7. The zero-order valence-electron chi connectivity index (χ0n) is 16.2. The van der Waals surface area contributed by atoms with Crippen LogP contribution in [0.1, 0.15) is 33.5 Å². The van der Waals surface area contributed by atoms with Gasteiger partial charge in [0.2, 0.25) is 0 Å². The smallest absolute Gasteiger partial charge is 0.374 e. The van der Waals surface area contributed by atoms with E-state index in [2.05, 4.69) is 26.4 Å². The summed E-state index contributed by atoms with van der Waals surface area (Å²) in [5.41, 5.74) is -1.01. The summed E-state index contributed by atoms with van der Waals surface area (Å²) in [6, 6.07) is 9.09. The maximum atomic E-state index is 14.2. The predicted octanol–water partition coefficient (Wildman–Crippen LogP) is 5.84. The number of nitrogens with zero attached hydrogens (tertiary/aromatic N) is 1. The molecule has 1 fully saturated rings. The van der Waals surface area contributed by atoms with E-state index in [1.807, 2.05) is 0 Å². The van der Waals surface area contributed by atoms with E-state index in [1.54, 1.807) is 36.9 Å². The number of hydrogen-bond donors (Lipinski definition) is 1. The second-order valence-corrected chi connectivity index (χ2v) is 9.95. The van der Waals surface area contributed by atoms with Crippen molar-refractivity contribution in [2.24, 2.45) is 5.16 Å². The van der Waals surface area contributed by atoms with Crippen molar-refractivity contribution < 1.29 is 22.8 Å². The van der Waals surface area contributed by atoms with Crippen LogP contribution in [0.25, 0.3) is 0 Å². The van der Waals surface area contributed by atoms with Gasteiger partial charge in [-0.3, -0.25) is 4.79 Å². The molecule has 2 aliphatic rings. The van der Waals surface area contributed by atoms with E-state index in [4.69, 9.17) is 16.4 Å². The van der Waals surface area contributed by atoms with Crippen molar-refractivity contribution >= 4 is 50.9 Å². The van der Waals surface area contributed by atoms with Crippen LogP contribution in [0.4, 0.5) is 13.2 Å². The highest BCUT2D eigenvalue weighted by atomic mass is 79.9. The minimum atomic E-state index is -4.72. The molecule has 0 aliphatic carbocycles. The third kappa shape index (κ3) is 4.32. The molecule has 4 rings (SSSR count). The van der Waals surface area contributed by atoms with Gasteiger partial charge in [0.05, 0.1) is 5.71 Å². The van der Waals surface area contributed by atoms with Crippen molar-refractivity contribution in [2.45, 2.75) is 31.2 Å². The van der Waals surface area contributed by atoms with Crippen LogP contribution in [-0.2, 0) is 10.4 Å². The average Bonchev–Trinajstić information content (AvgIpc) is 3.10. The maximum Gasteiger partial charge on any atom is 0.435 e. The Morgan fingerprint density at radius 1 is 1.29 bits per heavy atom. The Morgan fingerprint density at radius 2 is 2.03 bits per heavy atom. The predicted molar refractivity (Wildman–Crippen MR) is 119 cm³/mol. The zero-order valence-corrected chi connectivity index (χ0v) is 19.4. The molecule has 1 saturated heterocycles. The van der Waals surface area contributed by atoms with Gasteiger partial charge in [0.15, 0.2) is 0 Å². The highest BCUT2D eigenvalue weighted by molar-refractivity contribution is 9.10. The van der Waals surface area contributed by atoms with E-state index in [9.17, 15) is 18.0 Å². The molecule has 1 atom stereocenters. The van der Waals surface area contributed by atoms with Gasteiger partial charge >= 0.3 is 6.18 Å². The van der Waals surface area contributed by atoms with Crippen molar-refractivity contribution in [3.8, 4) is 0 Å². The van der Waals surface area contributed by atoms with E-state index in [0.29, 0.717) is 21.2 Å².